The molecule has 0 aliphatic rings. The number of nitrogens with one attached hydrogen (secondary N) is 1. The molecule has 0 radical (unpaired) electrons. The van der Waals surface area contributed by atoms with Gasteiger partial charge in [0.05, 0.1) is 0 Å². The molecule has 0 spiro atoms. The molecule has 0 saturated heterocycles. The SMILES string of the molecule is CCN(CC)NC(=O)C(F)(F)C(F)(F)C(F)(F)C(F)(F)C(F)(F)C(F)(F)C(F)(F)F. The van der Waals surface area contributed by atoms with Crippen LogP contribution in [0.3, 0.4) is 0 Å². The smallest absolute Gasteiger partial charge is 0.283 e. The Kier molecular flexibility index (Phi) is 7.39. The fourth-order valence-electron chi connectivity index (χ4n) is 1.70. The summed E-state index contributed by atoms with van der Waals surface area (Å²) in [5.41, 5.74) is 0.850. The number of carbonyl (C=O) groups excluding carboxylic acids is 1. The predicted molar refractivity (Wildman–Crippen MR) is 66.8 cm³/mol. The minimum Gasteiger partial charge on any atom is -0.283 e. The van der Waals surface area contributed by atoms with Crippen molar-refractivity contribution in [3.8, 4) is 0 Å². The van der Waals surface area contributed by atoms with Crippen LogP contribution in [0.15, 0.2) is 0 Å². The lowest BCUT2D eigenvalue weighted by atomic mass is 9.91. The first kappa shape index (κ1) is 28.4. The summed E-state index contributed by atoms with van der Waals surface area (Å²) in [6.45, 7) is 1.27. The zero-order valence-corrected chi connectivity index (χ0v) is 14.4. The maximum Gasteiger partial charge on any atom is 0.460 e. The zero-order valence-electron chi connectivity index (χ0n) is 14.4. The van der Waals surface area contributed by atoms with E-state index in [-0.39, 0.29) is 0 Å². The second-order valence-electron chi connectivity index (χ2n) is 5.56. The van der Waals surface area contributed by atoms with E-state index in [0.717, 1.165) is 19.3 Å². The lowest BCUT2D eigenvalue weighted by molar-refractivity contribution is -0.449. The highest BCUT2D eigenvalue weighted by Crippen LogP contribution is 2.62. The largest absolute Gasteiger partial charge is 0.460 e. The van der Waals surface area contributed by atoms with Gasteiger partial charge in [-0.05, 0) is 0 Å². The van der Waals surface area contributed by atoms with Gasteiger partial charge in [0.15, 0.2) is 0 Å². The van der Waals surface area contributed by atoms with E-state index in [4.69, 9.17) is 0 Å². The molecule has 0 fully saturated rings. The third-order valence-electron chi connectivity index (χ3n) is 3.64. The van der Waals surface area contributed by atoms with Crippen LogP contribution in [0.1, 0.15) is 13.8 Å². The van der Waals surface area contributed by atoms with Gasteiger partial charge in [0, 0.05) is 13.1 Å². The van der Waals surface area contributed by atoms with Crippen molar-refractivity contribution in [2.75, 3.05) is 13.1 Å². The van der Waals surface area contributed by atoms with Crippen LogP contribution in [0.4, 0.5) is 65.9 Å². The first-order chi connectivity index (χ1) is 12.9. The second-order valence-corrected chi connectivity index (χ2v) is 5.56. The summed E-state index contributed by atoms with van der Waals surface area (Å²) < 4.78 is 194. The Morgan fingerprint density at radius 3 is 1.20 bits per heavy atom. The number of hydrogen-bond acceptors (Lipinski definition) is 2. The maximum absolute atomic E-state index is 13.5. The monoisotopic (exact) mass is 484 g/mol. The van der Waals surface area contributed by atoms with Crippen LogP contribution in [0.2, 0.25) is 0 Å². The van der Waals surface area contributed by atoms with Gasteiger partial charge in [-0.3, -0.25) is 10.2 Å². The number of amides is 1. The van der Waals surface area contributed by atoms with Crippen LogP contribution in [0.5, 0.6) is 0 Å². The third kappa shape index (κ3) is 3.86. The van der Waals surface area contributed by atoms with E-state index in [1.54, 1.807) is 0 Å². The summed E-state index contributed by atoms with van der Waals surface area (Å²) in [5.74, 6) is -51.3. The Bertz CT molecular complexity index is 624. The number of carbonyl (C=O) groups is 1. The van der Waals surface area contributed by atoms with Crippen molar-refractivity contribution < 1.29 is 70.7 Å². The van der Waals surface area contributed by atoms with E-state index >= 15 is 0 Å². The van der Waals surface area contributed by atoms with Crippen molar-refractivity contribution in [3.63, 3.8) is 0 Å². The van der Waals surface area contributed by atoms with Gasteiger partial charge in [-0.1, -0.05) is 13.8 Å². The van der Waals surface area contributed by atoms with Gasteiger partial charge >= 0.3 is 47.6 Å². The van der Waals surface area contributed by atoms with Gasteiger partial charge < -0.3 is 0 Å². The number of rotatable bonds is 9. The predicted octanol–water partition coefficient (Wildman–Crippen LogP) is 4.73. The Balaban J connectivity index is 6.45. The van der Waals surface area contributed by atoms with Crippen LogP contribution in [0, 0.1) is 0 Å². The Hall–Kier alpha value is -1.62. The average molecular weight is 484 g/mol. The maximum atomic E-state index is 13.5. The molecule has 1 amide bonds. The highest BCUT2D eigenvalue weighted by molar-refractivity contribution is 5.84. The molecule has 0 aromatic rings. The molecule has 0 atom stereocenters. The second kappa shape index (κ2) is 7.81. The number of hydrogen-bond donors (Lipinski definition) is 1. The molecule has 0 rings (SSSR count). The van der Waals surface area contributed by atoms with Gasteiger partial charge in [-0.25, -0.2) is 5.01 Å². The number of nitrogens with zero attached hydrogens (tertiary/aromatic N) is 1. The lowest BCUT2D eigenvalue weighted by Gasteiger charge is -2.41. The molecular formula is C12H11F15N2O. The Labute approximate surface area is 157 Å². The fourth-order valence-corrected chi connectivity index (χ4v) is 1.70. The van der Waals surface area contributed by atoms with Crippen LogP contribution < -0.4 is 5.43 Å². The Morgan fingerprint density at radius 1 is 0.600 bits per heavy atom. The van der Waals surface area contributed by atoms with Gasteiger partial charge in [0.1, 0.15) is 0 Å². The van der Waals surface area contributed by atoms with Crippen LogP contribution >= 0.6 is 0 Å². The molecule has 0 bridgehead atoms. The molecule has 30 heavy (non-hydrogen) atoms. The van der Waals surface area contributed by atoms with Crippen molar-refractivity contribution in [1.82, 2.24) is 10.4 Å². The quantitative estimate of drug-likeness (QED) is 0.379. The van der Waals surface area contributed by atoms with Crippen molar-refractivity contribution in [1.29, 1.82) is 0 Å². The van der Waals surface area contributed by atoms with Gasteiger partial charge in [-0.2, -0.15) is 65.9 Å². The zero-order chi connectivity index (χ0) is 24.8. The van der Waals surface area contributed by atoms with Crippen molar-refractivity contribution >= 4 is 5.91 Å². The van der Waals surface area contributed by atoms with Crippen molar-refractivity contribution in [2.24, 2.45) is 0 Å². The highest BCUT2D eigenvalue weighted by Gasteiger charge is 2.94. The number of alkyl halides is 15. The normalized spacial score (nSPS) is 15.5. The summed E-state index contributed by atoms with van der Waals surface area (Å²) >= 11 is 0. The van der Waals surface area contributed by atoms with Crippen molar-refractivity contribution in [3.05, 3.63) is 0 Å². The van der Waals surface area contributed by atoms with E-state index < -0.39 is 60.7 Å². The summed E-state index contributed by atoms with van der Waals surface area (Å²) in [6, 6.07) is 0. The number of halogens is 15. The lowest BCUT2D eigenvalue weighted by Crippen LogP contribution is -2.74. The van der Waals surface area contributed by atoms with Crippen LogP contribution in [-0.2, 0) is 4.79 Å². The fraction of sp³-hybridized carbons (Fsp3) is 0.917. The molecule has 0 aliphatic heterocycles. The van der Waals surface area contributed by atoms with Gasteiger partial charge in [0.2, 0.25) is 0 Å². The molecule has 3 nitrogen and oxygen atoms in total. The highest BCUT2D eigenvalue weighted by atomic mass is 19.4. The topological polar surface area (TPSA) is 32.3 Å². The van der Waals surface area contributed by atoms with E-state index in [2.05, 4.69) is 0 Å². The summed E-state index contributed by atoms with van der Waals surface area (Å²) in [4.78, 5) is 11.1. The molecule has 0 unspecified atom stereocenters. The summed E-state index contributed by atoms with van der Waals surface area (Å²) in [6.07, 6.45) is -7.67. The van der Waals surface area contributed by atoms with Crippen LogP contribution in [0.25, 0.3) is 0 Å². The van der Waals surface area contributed by atoms with Crippen LogP contribution in [-0.4, -0.2) is 65.7 Å². The van der Waals surface area contributed by atoms with Gasteiger partial charge in [-0.15, -0.1) is 0 Å². The van der Waals surface area contributed by atoms with E-state index in [1.165, 1.54) is 0 Å². The summed E-state index contributed by atoms with van der Waals surface area (Å²) in [7, 11) is 0. The summed E-state index contributed by atoms with van der Waals surface area (Å²) in [5, 5.41) is 0.328. The molecule has 0 aromatic heterocycles. The molecular weight excluding hydrogens is 473 g/mol. The molecule has 0 aromatic carbocycles. The Morgan fingerprint density at radius 2 is 0.900 bits per heavy atom. The van der Waals surface area contributed by atoms with Gasteiger partial charge in [0.25, 0.3) is 0 Å². The molecule has 18 heteroatoms. The number of hydrazine groups is 1. The van der Waals surface area contributed by atoms with E-state index in [1.807, 2.05) is 0 Å². The average Bonchev–Trinajstić information content (AvgIpc) is 2.57. The molecule has 0 saturated carbocycles. The van der Waals surface area contributed by atoms with Crippen molar-refractivity contribution in [2.45, 2.75) is 55.6 Å². The minimum absolute atomic E-state index is 0.328. The first-order valence-corrected chi connectivity index (χ1v) is 7.31. The standard InChI is InChI=1S/C12H11F15N2O/c1-3-29(4-2)28-5(30)6(13,14)7(15,16)8(17,18)9(19,20)10(21,22)11(23,24)12(25,26)27/h3-4H2,1-2H3,(H,28,30). The van der Waals surface area contributed by atoms with E-state index in [9.17, 15) is 70.7 Å². The minimum atomic E-state index is -8.42. The van der Waals surface area contributed by atoms with E-state index in [0.29, 0.717) is 5.01 Å². The molecule has 1 N–H and O–H groups in total. The third-order valence-corrected chi connectivity index (χ3v) is 3.64. The molecule has 180 valence electrons. The molecule has 0 heterocycles. The first-order valence-electron chi connectivity index (χ1n) is 7.31. The molecule has 0 aliphatic carbocycles.